The van der Waals surface area contributed by atoms with E-state index in [1.807, 2.05) is 0 Å². The van der Waals surface area contributed by atoms with Gasteiger partial charge in [0.15, 0.2) is 5.78 Å². The zero-order valence-electron chi connectivity index (χ0n) is 11.3. The maximum atomic E-state index is 12.7. The van der Waals surface area contributed by atoms with E-state index < -0.39 is 0 Å². The van der Waals surface area contributed by atoms with E-state index in [1.165, 1.54) is 12.0 Å². The van der Waals surface area contributed by atoms with Crippen molar-refractivity contribution >= 4 is 5.78 Å². The summed E-state index contributed by atoms with van der Waals surface area (Å²) >= 11 is 0. The van der Waals surface area contributed by atoms with Crippen molar-refractivity contribution in [2.45, 2.75) is 52.9 Å². The van der Waals surface area contributed by atoms with Crippen LogP contribution in [0.5, 0.6) is 0 Å². The first-order valence-corrected chi connectivity index (χ1v) is 6.84. The van der Waals surface area contributed by atoms with E-state index in [1.54, 1.807) is 0 Å². The van der Waals surface area contributed by atoms with E-state index in [0.717, 1.165) is 44.5 Å². The minimum absolute atomic E-state index is 0.0811. The number of rotatable bonds is 2. The van der Waals surface area contributed by atoms with Crippen molar-refractivity contribution in [3.8, 4) is 0 Å². The fraction of sp³-hybridized carbons (Fsp3) is 0.800. The maximum absolute atomic E-state index is 12.7. The SMILES string of the molecule is CC1=C(C(=O)C2CCOCC2)C(C)(C)CCC1. The molecule has 0 atom stereocenters. The van der Waals surface area contributed by atoms with Crippen LogP contribution in [-0.4, -0.2) is 19.0 Å². The van der Waals surface area contributed by atoms with Crippen LogP contribution in [0.3, 0.4) is 0 Å². The molecule has 0 aromatic carbocycles. The van der Waals surface area contributed by atoms with Crippen LogP contribution in [0.25, 0.3) is 0 Å². The largest absolute Gasteiger partial charge is 0.381 e. The van der Waals surface area contributed by atoms with E-state index >= 15 is 0 Å². The Morgan fingerprint density at radius 3 is 2.53 bits per heavy atom. The highest BCUT2D eigenvalue weighted by molar-refractivity contribution is 5.99. The van der Waals surface area contributed by atoms with Crippen LogP contribution in [-0.2, 0) is 9.53 Å². The lowest BCUT2D eigenvalue weighted by Crippen LogP contribution is -2.32. The third-order valence-corrected chi connectivity index (χ3v) is 4.30. The van der Waals surface area contributed by atoms with Crippen molar-refractivity contribution in [1.82, 2.24) is 0 Å². The van der Waals surface area contributed by atoms with Crippen molar-refractivity contribution in [1.29, 1.82) is 0 Å². The first-order chi connectivity index (χ1) is 8.02. The number of hydrogen-bond donors (Lipinski definition) is 0. The van der Waals surface area contributed by atoms with E-state index in [2.05, 4.69) is 20.8 Å². The highest BCUT2D eigenvalue weighted by Gasteiger charge is 2.36. The first-order valence-electron chi connectivity index (χ1n) is 6.84. The van der Waals surface area contributed by atoms with Crippen molar-refractivity contribution in [3.63, 3.8) is 0 Å². The Morgan fingerprint density at radius 2 is 1.94 bits per heavy atom. The molecule has 1 aliphatic carbocycles. The summed E-state index contributed by atoms with van der Waals surface area (Å²) in [5, 5.41) is 0. The van der Waals surface area contributed by atoms with Gasteiger partial charge in [-0.1, -0.05) is 19.4 Å². The number of Topliss-reactive ketones (excluding diaryl/α,β-unsaturated/α-hetero) is 1. The minimum atomic E-state index is 0.0811. The summed E-state index contributed by atoms with van der Waals surface area (Å²) in [6.07, 6.45) is 5.29. The van der Waals surface area contributed by atoms with Crippen LogP contribution < -0.4 is 0 Å². The number of carbonyl (C=O) groups is 1. The molecular formula is C15H24O2. The molecule has 1 heterocycles. The quantitative estimate of drug-likeness (QED) is 0.733. The van der Waals surface area contributed by atoms with Gasteiger partial charge < -0.3 is 4.74 Å². The lowest BCUT2D eigenvalue weighted by atomic mass is 9.68. The summed E-state index contributed by atoms with van der Waals surface area (Å²) in [5.41, 5.74) is 2.55. The summed E-state index contributed by atoms with van der Waals surface area (Å²) in [6.45, 7) is 8.10. The molecule has 0 amide bonds. The van der Waals surface area contributed by atoms with Crippen LogP contribution >= 0.6 is 0 Å². The molecule has 0 N–H and O–H groups in total. The Bertz CT molecular complexity index is 333. The van der Waals surface area contributed by atoms with Crippen molar-refractivity contribution in [2.24, 2.45) is 11.3 Å². The summed E-state index contributed by atoms with van der Waals surface area (Å²) in [7, 11) is 0. The number of hydrogen-bond acceptors (Lipinski definition) is 2. The van der Waals surface area contributed by atoms with Crippen LogP contribution in [0.4, 0.5) is 0 Å². The Hall–Kier alpha value is -0.630. The predicted molar refractivity (Wildman–Crippen MR) is 68.9 cm³/mol. The molecule has 2 rings (SSSR count). The summed E-state index contributed by atoms with van der Waals surface area (Å²) in [6, 6.07) is 0. The molecule has 0 bridgehead atoms. The topological polar surface area (TPSA) is 26.3 Å². The smallest absolute Gasteiger partial charge is 0.162 e. The van der Waals surface area contributed by atoms with Gasteiger partial charge >= 0.3 is 0 Å². The summed E-state index contributed by atoms with van der Waals surface area (Å²) in [5.74, 6) is 0.626. The highest BCUT2D eigenvalue weighted by atomic mass is 16.5. The molecule has 96 valence electrons. The van der Waals surface area contributed by atoms with E-state index in [0.29, 0.717) is 5.78 Å². The van der Waals surface area contributed by atoms with Crippen molar-refractivity contribution in [3.05, 3.63) is 11.1 Å². The standard InChI is InChI=1S/C15H24O2/c1-11-5-4-8-15(2,3)13(11)14(16)12-6-9-17-10-7-12/h12H,4-10H2,1-3H3. The third kappa shape index (κ3) is 2.62. The second-order valence-electron chi connectivity index (χ2n) is 6.14. The number of carbonyl (C=O) groups excluding carboxylic acids is 1. The molecule has 0 unspecified atom stereocenters. The van der Waals surface area contributed by atoms with Crippen LogP contribution in [0.2, 0.25) is 0 Å². The van der Waals surface area contributed by atoms with E-state index in [4.69, 9.17) is 4.74 Å². The Labute approximate surface area is 104 Å². The lowest BCUT2D eigenvalue weighted by molar-refractivity contribution is -0.123. The molecule has 1 saturated heterocycles. The molecule has 0 aromatic rings. The molecule has 0 aromatic heterocycles. The minimum Gasteiger partial charge on any atom is -0.381 e. The number of allylic oxidation sites excluding steroid dienone is 2. The van der Waals surface area contributed by atoms with Crippen LogP contribution in [0.15, 0.2) is 11.1 Å². The van der Waals surface area contributed by atoms with Gasteiger partial charge in [-0.25, -0.2) is 0 Å². The second kappa shape index (κ2) is 4.93. The van der Waals surface area contributed by atoms with Gasteiger partial charge in [0.05, 0.1) is 0 Å². The molecule has 1 fully saturated rings. The van der Waals surface area contributed by atoms with Crippen LogP contribution in [0, 0.1) is 11.3 Å². The normalized spacial score (nSPS) is 26.1. The van der Waals surface area contributed by atoms with Gasteiger partial charge in [-0.05, 0) is 50.0 Å². The highest BCUT2D eigenvalue weighted by Crippen LogP contribution is 2.42. The summed E-state index contributed by atoms with van der Waals surface area (Å²) < 4.78 is 5.35. The predicted octanol–water partition coefficient (Wildman–Crippen LogP) is 3.51. The van der Waals surface area contributed by atoms with Crippen molar-refractivity contribution in [2.75, 3.05) is 13.2 Å². The number of ether oxygens (including phenoxy) is 1. The average Bonchev–Trinajstić information content (AvgIpc) is 2.28. The van der Waals surface area contributed by atoms with Gasteiger partial charge in [-0.15, -0.1) is 0 Å². The molecular weight excluding hydrogens is 212 g/mol. The lowest BCUT2D eigenvalue weighted by Gasteiger charge is -2.36. The fourth-order valence-corrected chi connectivity index (χ4v) is 3.33. The van der Waals surface area contributed by atoms with Gasteiger partial charge in [-0.3, -0.25) is 4.79 Å². The molecule has 0 radical (unpaired) electrons. The average molecular weight is 236 g/mol. The molecule has 0 saturated carbocycles. The van der Waals surface area contributed by atoms with Crippen LogP contribution in [0.1, 0.15) is 52.9 Å². The van der Waals surface area contributed by atoms with Gasteiger partial charge in [0.1, 0.15) is 0 Å². The molecule has 2 heteroatoms. The molecule has 2 aliphatic rings. The van der Waals surface area contributed by atoms with Gasteiger partial charge in [0.2, 0.25) is 0 Å². The number of ketones is 1. The molecule has 1 aliphatic heterocycles. The van der Waals surface area contributed by atoms with Gasteiger partial charge in [-0.2, -0.15) is 0 Å². The molecule has 2 nitrogen and oxygen atoms in total. The summed E-state index contributed by atoms with van der Waals surface area (Å²) in [4.78, 5) is 12.7. The van der Waals surface area contributed by atoms with Crippen molar-refractivity contribution < 1.29 is 9.53 Å². The third-order valence-electron chi connectivity index (χ3n) is 4.30. The monoisotopic (exact) mass is 236 g/mol. The first kappa shape index (κ1) is 12.8. The van der Waals surface area contributed by atoms with E-state index in [-0.39, 0.29) is 11.3 Å². The fourth-order valence-electron chi connectivity index (χ4n) is 3.33. The zero-order chi connectivity index (χ0) is 12.5. The Balaban J connectivity index is 2.21. The Kier molecular flexibility index (Phi) is 3.72. The molecule has 17 heavy (non-hydrogen) atoms. The second-order valence-corrected chi connectivity index (χ2v) is 6.14. The maximum Gasteiger partial charge on any atom is 0.162 e. The zero-order valence-corrected chi connectivity index (χ0v) is 11.3. The van der Waals surface area contributed by atoms with Gasteiger partial charge in [0, 0.05) is 19.1 Å². The van der Waals surface area contributed by atoms with Gasteiger partial charge in [0.25, 0.3) is 0 Å². The molecule has 0 spiro atoms. The van der Waals surface area contributed by atoms with E-state index in [9.17, 15) is 4.79 Å². The Morgan fingerprint density at radius 1 is 1.29 bits per heavy atom.